The van der Waals surface area contributed by atoms with Crippen LogP contribution in [0.15, 0.2) is 41.7 Å². The molecule has 1 unspecified atom stereocenters. The lowest BCUT2D eigenvalue weighted by molar-refractivity contribution is -0.00805. The van der Waals surface area contributed by atoms with Crippen molar-refractivity contribution in [1.82, 2.24) is 20.0 Å². The molecule has 1 aromatic heterocycles. The second-order valence-electron chi connectivity index (χ2n) is 5.78. The number of ether oxygens (including phenoxy) is 1. The highest BCUT2D eigenvalue weighted by molar-refractivity contribution is 14.0. The first kappa shape index (κ1) is 20.0. The van der Waals surface area contributed by atoms with E-state index in [2.05, 4.69) is 20.3 Å². The number of aliphatic imine (C=N–C) groups is 1. The quantitative estimate of drug-likeness (QED) is 0.421. The SMILES string of the molecule is CN=C(NCc1cccc(Cl)c1)N1CCOC(c2cnn(C)c2)C1.I. The molecular weight excluding hydrogens is 453 g/mol. The van der Waals surface area contributed by atoms with Crippen molar-refractivity contribution in [3.63, 3.8) is 0 Å². The lowest BCUT2D eigenvalue weighted by Crippen LogP contribution is -2.47. The average Bonchev–Trinajstić information content (AvgIpc) is 3.02. The molecule has 3 rings (SSSR count). The summed E-state index contributed by atoms with van der Waals surface area (Å²) >= 11 is 6.04. The molecule has 8 heteroatoms. The normalized spacial score (nSPS) is 18.0. The second kappa shape index (κ2) is 9.40. The first-order valence-electron chi connectivity index (χ1n) is 7.96. The lowest BCUT2D eigenvalue weighted by Gasteiger charge is -2.34. The molecule has 1 aliphatic rings. The molecule has 6 nitrogen and oxygen atoms in total. The Kier molecular flexibility index (Phi) is 7.52. The number of aryl methyl sites for hydroxylation is 1. The van der Waals surface area contributed by atoms with Gasteiger partial charge in [-0.25, -0.2) is 0 Å². The van der Waals surface area contributed by atoms with E-state index in [0.29, 0.717) is 13.2 Å². The van der Waals surface area contributed by atoms with E-state index in [1.807, 2.05) is 43.7 Å². The molecule has 0 bridgehead atoms. The Hall–Kier alpha value is -1.32. The van der Waals surface area contributed by atoms with Crippen molar-refractivity contribution >= 4 is 41.5 Å². The van der Waals surface area contributed by atoms with Crippen LogP contribution in [0, 0.1) is 0 Å². The van der Waals surface area contributed by atoms with Gasteiger partial charge in [-0.2, -0.15) is 5.10 Å². The van der Waals surface area contributed by atoms with Crippen LogP contribution in [-0.4, -0.2) is 47.4 Å². The van der Waals surface area contributed by atoms with Crippen molar-refractivity contribution in [2.75, 3.05) is 26.7 Å². The predicted octanol–water partition coefficient (Wildman–Crippen LogP) is 2.84. The smallest absolute Gasteiger partial charge is 0.194 e. The Bertz CT molecular complexity index is 721. The molecule has 1 saturated heterocycles. The van der Waals surface area contributed by atoms with Crippen LogP contribution in [0.1, 0.15) is 17.2 Å². The number of morpholine rings is 1. The zero-order valence-corrected chi connectivity index (χ0v) is 17.4. The number of hydrogen-bond acceptors (Lipinski definition) is 3. The van der Waals surface area contributed by atoms with Crippen molar-refractivity contribution in [2.45, 2.75) is 12.6 Å². The summed E-state index contributed by atoms with van der Waals surface area (Å²) in [5.41, 5.74) is 2.22. The van der Waals surface area contributed by atoms with Crippen molar-refractivity contribution in [3.05, 3.63) is 52.8 Å². The number of nitrogens with zero attached hydrogens (tertiary/aromatic N) is 4. The molecule has 2 heterocycles. The molecule has 0 spiro atoms. The van der Waals surface area contributed by atoms with Crippen LogP contribution < -0.4 is 5.32 Å². The molecule has 1 fully saturated rings. The largest absolute Gasteiger partial charge is 0.370 e. The fraction of sp³-hybridized carbons (Fsp3) is 0.412. The topological polar surface area (TPSA) is 54.7 Å². The number of halogens is 2. The number of hydrogen-bond donors (Lipinski definition) is 1. The first-order valence-corrected chi connectivity index (χ1v) is 8.33. The van der Waals surface area contributed by atoms with Gasteiger partial charge >= 0.3 is 0 Å². The Labute approximate surface area is 170 Å². The molecule has 0 saturated carbocycles. The zero-order chi connectivity index (χ0) is 16.9. The molecule has 0 amide bonds. The van der Waals surface area contributed by atoms with E-state index >= 15 is 0 Å². The number of benzene rings is 1. The number of aromatic nitrogens is 2. The summed E-state index contributed by atoms with van der Waals surface area (Å²) in [4.78, 5) is 6.62. The van der Waals surface area contributed by atoms with Gasteiger partial charge in [0.2, 0.25) is 0 Å². The maximum Gasteiger partial charge on any atom is 0.194 e. The van der Waals surface area contributed by atoms with Gasteiger partial charge in [-0.05, 0) is 17.7 Å². The Morgan fingerprint density at radius 3 is 3.00 bits per heavy atom. The molecule has 2 aromatic rings. The van der Waals surface area contributed by atoms with Gasteiger partial charge in [-0.15, -0.1) is 24.0 Å². The number of guanidine groups is 1. The van der Waals surface area contributed by atoms with E-state index in [4.69, 9.17) is 16.3 Å². The third-order valence-corrected chi connectivity index (χ3v) is 4.25. The van der Waals surface area contributed by atoms with Crippen molar-refractivity contribution in [1.29, 1.82) is 0 Å². The lowest BCUT2D eigenvalue weighted by atomic mass is 10.1. The standard InChI is InChI=1S/C17H22ClN5O.HI/c1-19-17(20-9-13-4-3-5-15(18)8-13)23-6-7-24-16(12-23)14-10-21-22(2)11-14;/h3-5,8,10-11,16H,6-7,9,12H2,1-2H3,(H,19,20);1H. The molecule has 1 aliphatic heterocycles. The van der Waals surface area contributed by atoms with E-state index in [1.165, 1.54) is 0 Å². The van der Waals surface area contributed by atoms with Gasteiger partial charge in [0.05, 0.1) is 19.3 Å². The van der Waals surface area contributed by atoms with E-state index < -0.39 is 0 Å². The van der Waals surface area contributed by atoms with Gasteiger partial charge in [0.15, 0.2) is 5.96 Å². The molecule has 1 atom stereocenters. The van der Waals surface area contributed by atoms with E-state index in [-0.39, 0.29) is 30.1 Å². The fourth-order valence-corrected chi connectivity index (χ4v) is 3.02. The monoisotopic (exact) mass is 475 g/mol. The Morgan fingerprint density at radius 2 is 2.32 bits per heavy atom. The molecule has 25 heavy (non-hydrogen) atoms. The molecule has 0 radical (unpaired) electrons. The highest BCUT2D eigenvalue weighted by atomic mass is 127. The van der Waals surface area contributed by atoms with Gasteiger partial charge in [0, 0.05) is 44.0 Å². The highest BCUT2D eigenvalue weighted by Gasteiger charge is 2.25. The van der Waals surface area contributed by atoms with Gasteiger partial charge < -0.3 is 15.0 Å². The van der Waals surface area contributed by atoms with Crippen LogP contribution in [0.4, 0.5) is 0 Å². The van der Waals surface area contributed by atoms with Crippen LogP contribution >= 0.6 is 35.6 Å². The van der Waals surface area contributed by atoms with E-state index in [0.717, 1.165) is 35.2 Å². The molecule has 1 aromatic carbocycles. The molecule has 1 N–H and O–H groups in total. The summed E-state index contributed by atoms with van der Waals surface area (Å²) in [6, 6.07) is 7.83. The third-order valence-electron chi connectivity index (χ3n) is 4.01. The van der Waals surface area contributed by atoms with Crippen molar-refractivity contribution < 1.29 is 4.74 Å². The van der Waals surface area contributed by atoms with E-state index in [1.54, 1.807) is 11.7 Å². The van der Waals surface area contributed by atoms with Crippen LogP contribution in [0.5, 0.6) is 0 Å². The summed E-state index contributed by atoms with van der Waals surface area (Å²) in [5.74, 6) is 0.868. The van der Waals surface area contributed by atoms with Gasteiger partial charge in [-0.3, -0.25) is 9.67 Å². The Balaban J connectivity index is 0.00000225. The first-order chi connectivity index (χ1) is 11.7. The fourth-order valence-electron chi connectivity index (χ4n) is 2.81. The minimum atomic E-state index is 0. The second-order valence-corrected chi connectivity index (χ2v) is 6.22. The number of nitrogens with one attached hydrogen (secondary N) is 1. The molecule has 136 valence electrons. The van der Waals surface area contributed by atoms with Gasteiger partial charge in [0.1, 0.15) is 6.10 Å². The average molecular weight is 476 g/mol. The summed E-state index contributed by atoms with van der Waals surface area (Å²) in [5, 5.41) is 8.37. The summed E-state index contributed by atoms with van der Waals surface area (Å²) in [7, 11) is 3.71. The molecule has 0 aliphatic carbocycles. The van der Waals surface area contributed by atoms with E-state index in [9.17, 15) is 0 Å². The van der Waals surface area contributed by atoms with Gasteiger partial charge in [0.25, 0.3) is 0 Å². The maximum atomic E-state index is 6.04. The van der Waals surface area contributed by atoms with Crippen molar-refractivity contribution in [3.8, 4) is 0 Å². The third kappa shape index (κ3) is 5.32. The van der Waals surface area contributed by atoms with Gasteiger partial charge in [-0.1, -0.05) is 23.7 Å². The summed E-state index contributed by atoms with van der Waals surface area (Å²) in [6.45, 7) is 2.91. The van der Waals surface area contributed by atoms with Crippen LogP contribution in [0.3, 0.4) is 0 Å². The molecular formula is C17H23ClIN5O. The number of rotatable bonds is 3. The summed E-state index contributed by atoms with van der Waals surface area (Å²) in [6.07, 6.45) is 3.87. The summed E-state index contributed by atoms with van der Waals surface area (Å²) < 4.78 is 7.68. The minimum absolute atomic E-state index is 0. The zero-order valence-electron chi connectivity index (χ0n) is 14.4. The van der Waals surface area contributed by atoms with Crippen LogP contribution in [0.2, 0.25) is 5.02 Å². The Morgan fingerprint density at radius 1 is 1.48 bits per heavy atom. The minimum Gasteiger partial charge on any atom is -0.370 e. The van der Waals surface area contributed by atoms with Crippen molar-refractivity contribution in [2.24, 2.45) is 12.0 Å². The highest BCUT2D eigenvalue weighted by Crippen LogP contribution is 2.21. The van der Waals surface area contributed by atoms with Crippen LogP contribution in [-0.2, 0) is 18.3 Å². The van der Waals surface area contributed by atoms with Crippen LogP contribution in [0.25, 0.3) is 0 Å². The predicted molar refractivity (Wildman–Crippen MR) is 111 cm³/mol. The maximum absolute atomic E-state index is 6.04.